The van der Waals surface area contributed by atoms with Crippen molar-refractivity contribution in [1.82, 2.24) is 5.32 Å². The van der Waals surface area contributed by atoms with Crippen LogP contribution in [0.5, 0.6) is 0 Å². The molecule has 1 saturated carbocycles. The van der Waals surface area contributed by atoms with Crippen LogP contribution in [0.2, 0.25) is 0 Å². The van der Waals surface area contributed by atoms with Crippen LogP contribution in [0.25, 0.3) is 0 Å². The van der Waals surface area contributed by atoms with Gasteiger partial charge in [-0.3, -0.25) is 0 Å². The fourth-order valence-electron chi connectivity index (χ4n) is 2.45. The second-order valence-corrected chi connectivity index (χ2v) is 5.62. The summed E-state index contributed by atoms with van der Waals surface area (Å²) < 4.78 is 0. The highest BCUT2D eigenvalue weighted by Crippen LogP contribution is 2.33. The zero-order valence-electron chi connectivity index (χ0n) is 11.4. The molecule has 0 amide bonds. The van der Waals surface area contributed by atoms with E-state index in [0.29, 0.717) is 6.04 Å². The van der Waals surface area contributed by atoms with Crippen molar-refractivity contribution in [2.24, 2.45) is 5.92 Å². The zero-order chi connectivity index (χ0) is 12.3. The maximum absolute atomic E-state index is 3.65. The number of rotatable bonds is 6. The van der Waals surface area contributed by atoms with Gasteiger partial charge in [-0.25, -0.2) is 0 Å². The lowest BCUT2D eigenvalue weighted by molar-refractivity contribution is 0.531. The Bertz CT molecular complexity index is 366. The van der Waals surface area contributed by atoms with E-state index in [0.717, 1.165) is 12.5 Å². The molecule has 1 unspecified atom stereocenters. The van der Waals surface area contributed by atoms with Crippen LogP contribution in [0.15, 0.2) is 18.2 Å². The maximum atomic E-state index is 3.65. The molecule has 1 fully saturated rings. The average molecular weight is 231 g/mol. The molecule has 0 aliphatic heterocycles. The number of benzene rings is 1. The third kappa shape index (κ3) is 3.85. The van der Waals surface area contributed by atoms with Crippen molar-refractivity contribution in [3.63, 3.8) is 0 Å². The zero-order valence-corrected chi connectivity index (χ0v) is 11.4. The molecule has 17 heavy (non-hydrogen) atoms. The first kappa shape index (κ1) is 12.6. The normalized spacial score (nSPS) is 17.1. The van der Waals surface area contributed by atoms with Crippen LogP contribution in [0.4, 0.5) is 0 Å². The number of hydrogen-bond acceptors (Lipinski definition) is 1. The minimum absolute atomic E-state index is 0.481. The van der Waals surface area contributed by atoms with Crippen LogP contribution in [0, 0.1) is 19.8 Å². The standard InChI is InChI=1S/C16H25N/c1-12-6-7-13(2)16(11-12)14(3)17-10-4-5-15-8-9-15/h6-7,11,14-15,17H,4-5,8-10H2,1-3H3. The van der Waals surface area contributed by atoms with Gasteiger partial charge in [0.25, 0.3) is 0 Å². The molecule has 0 spiro atoms. The third-order valence-electron chi connectivity index (χ3n) is 3.84. The molecule has 0 bridgehead atoms. The van der Waals surface area contributed by atoms with Crippen LogP contribution in [0.3, 0.4) is 0 Å². The lowest BCUT2D eigenvalue weighted by Gasteiger charge is -2.17. The van der Waals surface area contributed by atoms with E-state index >= 15 is 0 Å². The lowest BCUT2D eigenvalue weighted by atomic mass is 10.00. The monoisotopic (exact) mass is 231 g/mol. The van der Waals surface area contributed by atoms with Gasteiger partial charge in [0.2, 0.25) is 0 Å². The predicted octanol–water partition coefficient (Wildman–Crippen LogP) is 4.14. The van der Waals surface area contributed by atoms with Gasteiger partial charge in [0.15, 0.2) is 0 Å². The Kier molecular flexibility index (Phi) is 4.22. The summed E-state index contributed by atoms with van der Waals surface area (Å²) in [6.07, 6.45) is 5.71. The molecule has 1 aliphatic carbocycles. The predicted molar refractivity (Wildman–Crippen MR) is 74.3 cm³/mol. The molecule has 1 atom stereocenters. The molecule has 1 aromatic carbocycles. The van der Waals surface area contributed by atoms with Crippen molar-refractivity contribution in [3.8, 4) is 0 Å². The van der Waals surface area contributed by atoms with Crippen molar-refractivity contribution >= 4 is 0 Å². The fourth-order valence-corrected chi connectivity index (χ4v) is 2.45. The van der Waals surface area contributed by atoms with Gasteiger partial charge >= 0.3 is 0 Å². The first-order valence-corrected chi connectivity index (χ1v) is 6.97. The van der Waals surface area contributed by atoms with Crippen LogP contribution in [-0.2, 0) is 0 Å². The average Bonchev–Trinajstić information content (AvgIpc) is 3.11. The summed E-state index contributed by atoms with van der Waals surface area (Å²) in [5.74, 6) is 1.06. The molecular weight excluding hydrogens is 206 g/mol. The summed E-state index contributed by atoms with van der Waals surface area (Å²) >= 11 is 0. The quantitative estimate of drug-likeness (QED) is 0.725. The first-order chi connectivity index (χ1) is 8.16. The van der Waals surface area contributed by atoms with Gasteiger partial charge in [0.1, 0.15) is 0 Å². The fraction of sp³-hybridized carbons (Fsp3) is 0.625. The van der Waals surface area contributed by atoms with E-state index in [4.69, 9.17) is 0 Å². The van der Waals surface area contributed by atoms with Crippen molar-refractivity contribution in [2.75, 3.05) is 6.54 Å². The molecule has 0 radical (unpaired) electrons. The Morgan fingerprint density at radius 3 is 2.76 bits per heavy atom. The van der Waals surface area contributed by atoms with Gasteiger partial charge in [-0.2, -0.15) is 0 Å². The van der Waals surface area contributed by atoms with Gasteiger partial charge in [-0.1, -0.05) is 36.6 Å². The van der Waals surface area contributed by atoms with Crippen LogP contribution in [0.1, 0.15) is 55.3 Å². The maximum Gasteiger partial charge on any atom is 0.0294 e. The highest BCUT2D eigenvalue weighted by molar-refractivity contribution is 5.32. The van der Waals surface area contributed by atoms with E-state index in [1.807, 2.05) is 0 Å². The van der Waals surface area contributed by atoms with E-state index in [9.17, 15) is 0 Å². The van der Waals surface area contributed by atoms with Gasteiger partial charge < -0.3 is 5.32 Å². The minimum atomic E-state index is 0.481. The molecule has 94 valence electrons. The highest BCUT2D eigenvalue weighted by Gasteiger charge is 2.20. The van der Waals surface area contributed by atoms with Gasteiger partial charge in [-0.05, 0) is 57.2 Å². The Hall–Kier alpha value is -0.820. The van der Waals surface area contributed by atoms with Gasteiger partial charge in [0.05, 0.1) is 0 Å². The van der Waals surface area contributed by atoms with Crippen LogP contribution >= 0.6 is 0 Å². The molecule has 1 aliphatic rings. The van der Waals surface area contributed by atoms with Crippen molar-refractivity contribution in [1.29, 1.82) is 0 Å². The number of aryl methyl sites for hydroxylation is 2. The van der Waals surface area contributed by atoms with E-state index < -0.39 is 0 Å². The lowest BCUT2D eigenvalue weighted by Crippen LogP contribution is -2.20. The van der Waals surface area contributed by atoms with Crippen molar-refractivity contribution in [3.05, 3.63) is 34.9 Å². The second kappa shape index (κ2) is 5.68. The van der Waals surface area contributed by atoms with Crippen LogP contribution in [-0.4, -0.2) is 6.54 Å². The summed E-state index contributed by atoms with van der Waals surface area (Å²) in [6, 6.07) is 7.22. The summed E-state index contributed by atoms with van der Waals surface area (Å²) in [5.41, 5.74) is 4.21. The molecule has 0 saturated heterocycles. The van der Waals surface area contributed by atoms with E-state index in [1.54, 1.807) is 0 Å². The second-order valence-electron chi connectivity index (χ2n) is 5.62. The summed E-state index contributed by atoms with van der Waals surface area (Å²) in [6.45, 7) is 7.81. The smallest absolute Gasteiger partial charge is 0.0294 e. The Balaban J connectivity index is 1.80. The topological polar surface area (TPSA) is 12.0 Å². The van der Waals surface area contributed by atoms with E-state index in [1.165, 1.54) is 42.4 Å². The summed E-state index contributed by atoms with van der Waals surface area (Å²) in [4.78, 5) is 0. The van der Waals surface area contributed by atoms with E-state index in [-0.39, 0.29) is 0 Å². The number of hydrogen-bond donors (Lipinski definition) is 1. The van der Waals surface area contributed by atoms with Crippen LogP contribution < -0.4 is 5.32 Å². The molecule has 1 nitrogen and oxygen atoms in total. The summed E-state index contributed by atoms with van der Waals surface area (Å²) in [5, 5.41) is 3.65. The van der Waals surface area contributed by atoms with Crippen molar-refractivity contribution in [2.45, 2.75) is 52.5 Å². The highest BCUT2D eigenvalue weighted by atomic mass is 14.9. The van der Waals surface area contributed by atoms with E-state index in [2.05, 4.69) is 44.3 Å². The molecule has 1 heteroatoms. The number of nitrogens with one attached hydrogen (secondary N) is 1. The third-order valence-corrected chi connectivity index (χ3v) is 3.84. The molecular formula is C16H25N. The molecule has 0 aromatic heterocycles. The summed E-state index contributed by atoms with van der Waals surface area (Å²) in [7, 11) is 0. The Morgan fingerprint density at radius 1 is 1.29 bits per heavy atom. The minimum Gasteiger partial charge on any atom is -0.310 e. The van der Waals surface area contributed by atoms with Gasteiger partial charge in [0, 0.05) is 6.04 Å². The van der Waals surface area contributed by atoms with Gasteiger partial charge in [-0.15, -0.1) is 0 Å². The SMILES string of the molecule is Cc1ccc(C)c(C(C)NCCCC2CC2)c1. The molecule has 1 N–H and O–H groups in total. The Labute approximate surface area is 106 Å². The Morgan fingerprint density at radius 2 is 2.06 bits per heavy atom. The van der Waals surface area contributed by atoms with Crippen molar-refractivity contribution < 1.29 is 0 Å². The molecule has 1 aromatic rings. The molecule has 0 heterocycles. The largest absolute Gasteiger partial charge is 0.310 e. The first-order valence-electron chi connectivity index (χ1n) is 6.97. The molecule has 2 rings (SSSR count).